The van der Waals surface area contributed by atoms with Gasteiger partial charge in [0.15, 0.2) is 6.23 Å². The van der Waals surface area contributed by atoms with Crippen LogP contribution in [-0.4, -0.2) is 98.0 Å². The maximum Gasteiger partial charge on any atom is 0.276 e. The molecule has 2 aliphatic rings. The van der Waals surface area contributed by atoms with Crippen LogP contribution in [0.5, 0.6) is 11.5 Å². The molecular weight excluding hydrogens is 588 g/mol. The van der Waals surface area contributed by atoms with Crippen molar-refractivity contribution >= 4 is 55.4 Å². The average molecular weight is 615 g/mol. The molecule has 15 nitrogen and oxygen atoms in total. The number of amides is 2. The number of nitrogens with one attached hydrogen (secondary N) is 3. The van der Waals surface area contributed by atoms with Gasteiger partial charge in [-0.1, -0.05) is 0 Å². The van der Waals surface area contributed by atoms with E-state index in [4.69, 9.17) is 4.74 Å². The molecule has 0 spiro atoms. The lowest BCUT2D eigenvalue weighted by molar-refractivity contribution is -0.249. The van der Waals surface area contributed by atoms with E-state index in [1.807, 2.05) is 0 Å². The number of rotatable bonds is 5. The fourth-order valence-electron chi connectivity index (χ4n) is 6.66. The highest BCUT2D eigenvalue weighted by molar-refractivity contribution is 6.39. The number of benzene rings is 3. The second-order valence-corrected chi connectivity index (χ2v) is 11.2. The van der Waals surface area contributed by atoms with Crippen molar-refractivity contribution in [1.29, 1.82) is 0 Å². The average Bonchev–Trinajstić information content (AvgIpc) is 3.79. The molecule has 0 bridgehead atoms. The molecule has 0 radical (unpaired) electrons. The number of hydrazine groups is 1. The highest BCUT2D eigenvalue weighted by atomic mass is 16.6. The molecular formula is C30H26N6O9. The van der Waals surface area contributed by atoms with Gasteiger partial charge in [0.05, 0.1) is 58.4 Å². The Balaban J connectivity index is 1.49. The van der Waals surface area contributed by atoms with Crippen LogP contribution in [0.25, 0.3) is 43.6 Å². The number of fused-ring (bicyclic) bond motifs is 10. The Kier molecular flexibility index (Phi) is 5.95. The van der Waals surface area contributed by atoms with Crippen LogP contribution in [0.2, 0.25) is 0 Å². The van der Waals surface area contributed by atoms with Crippen LogP contribution in [0.4, 0.5) is 0 Å². The quantitative estimate of drug-likeness (QED) is 0.124. The predicted octanol–water partition coefficient (Wildman–Crippen LogP) is 0.836. The first kappa shape index (κ1) is 27.5. The lowest BCUT2D eigenvalue weighted by atomic mass is 9.96. The van der Waals surface area contributed by atoms with Gasteiger partial charge in [-0.3, -0.25) is 9.59 Å². The zero-order valence-corrected chi connectivity index (χ0v) is 23.2. The van der Waals surface area contributed by atoms with E-state index in [9.17, 15) is 40.2 Å². The number of nitrogens with zero attached hydrogens (tertiary/aromatic N) is 3. The number of carbonyl (C=O) groups is 2. The van der Waals surface area contributed by atoms with Gasteiger partial charge in [0.2, 0.25) is 0 Å². The SMILES string of the molecule is O=C1c2c(c3c4ccc(O)cc4n(C4OC(CO)C(O)C(O)C4O)c3c3[nH]c4cc(O)ccc4c23)C(=O)N1NCc1c[nH]cn1. The van der Waals surface area contributed by atoms with E-state index >= 15 is 0 Å². The number of aromatic nitrogens is 4. The number of phenols is 2. The third-order valence-corrected chi connectivity index (χ3v) is 8.69. The molecule has 2 amide bonds. The van der Waals surface area contributed by atoms with Crippen molar-refractivity contribution in [2.24, 2.45) is 0 Å². The number of aliphatic hydroxyl groups is 4. The van der Waals surface area contributed by atoms with Crippen molar-refractivity contribution in [2.45, 2.75) is 37.2 Å². The van der Waals surface area contributed by atoms with Crippen molar-refractivity contribution in [3.63, 3.8) is 0 Å². The first-order chi connectivity index (χ1) is 21.7. The van der Waals surface area contributed by atoms with Crippen molar-refractivity contribution < 1.29 is 45.0 Å². The monoisotopic (exact) mass is 614 g/mol. The molecule has 0 aliphatic carbocycles. The Morgan fingerprint density at radius 3 is 2.33 bits per heavy atom. The van der Waals surface area contributed by atoms with Gasteiger partial charge in [0.25, 0.3) is 11.8 Å². The van der Waals surface area contributed by atoms with Crippen molar-refractivity contribution in [3.8, 4) is 11.5 Å². The molecule has 15 heteroatoms. The number of aromatic amines is 2. The number of carbonyl (C=O) groups excluding carboxylic acids is 2. The molecule has 5 heterocycles. The maximum absolute atomic E-state index is 14.2. The van der Waals surface area contributed by atoms with Gasteiger partial charge in [-0.2, -0.15) is 0 Å². The van der Waals surface area contributed by atoms with Crippen LogP contribution in [-0.2, 0) is 11.3 Å². The zero-order valence-electron chi connectivity index (χ0n) is 23.2. The number of aliphatic hydroxyl groups excluding tert-OH is 4. The van der Waals surface area contributed by atoms with Crippen molar-refractivity contribution in [1.82, 2.24) is 30.0 Å². The number of phenolic OH excluding ortho intramolecular Hbond substituents is 2. The summed E-state index contributed by atoms with van der Waals surface area (Å²) in [6.07, 6.45) is -4.66. The summed E-state index contributed by atoms with van der Waals surface area (Å²) >= 11 is 0. The largest absolute Gasteiger partial charge is 0.508 e. The van der Waals surface area contributed by atoms with Gasteiger partial charge in [-0.25, -0.2) is 15.4 Å². The van der Waals surface area contributed by atoms with Gasteiger partial charge in [0.1, 0.15) is 35.9 Å². The summed E-state index contributed by atoms with van der Waals surface area (Å²) in [6.45, 7) is -0.618. The van der Waals surface area contributed by atoms with Gasteiger partial charge >= 0.3 is 0 Å². The van der Waals surface area contributed by atoms with E-state index in [1.165, 1.54) is 35.2 Å². The smallest absolute Gasteiger partial charge is 0.276 e. The zero-order chi connectivity index (χ0) is 31.3. The summed E-state index contributed by atoms with van der Waals surface area (Å²) in [6, 6.07) is 8.89. The summed E-state index contributed by atoms with van der Waals surface area (Å²) in [5.74, 6) is -1.49. The van der Waals surface area contributed by atoms with E-state index in [1.54, 1.807) is 18.3 Å². The van der Waals surface area contributed by atoms with Gasteiger partial charge in [-0.05, 0) is 24.3 Å². The lowest BCUT2D eigenvalue weighted by Crippen LogP contribution is -2.56. The van der Waals surface area contributed by atoms with E-state index < -0.39 is 49.1 Å². The summed E-state index contributed by atoms with van der Waals surface area (Å²) in [5.41, 5.74) is 4.89. The number of hydrogen-bond donors (Lipinski definition) is 9. The molecule has 3 aromatic carbocycles. The fraction of sp³-hybridized carbons (Fsp3) is 0.233. The molecule has 1 fully saturated rings. The van der Waals surface area contributed by atoms with Crippen LogP contribution in [0.1, 0.15) is 32.6 Å². The lowest BCUT2D eigenvalue weighted by Gasteiger charge is -2.41. The van der Waals surface area contributed by atoms with E-state index in [-0.39, 0.29) is 40.2 Å². The number of ether oxygens (including phenoxy) is 1. The Labute approximate surface area is 251 Å². The first-order valence-electron chi connectivity index (χ1n) is 14.1. The number of imidazole rings is 1. The molecule has 2 aliphatic heterocycles. The van der Waals surface area contributed by atoms with E-state index in [0.29, 0.717) is 38.3 Å². The molecule has 1 saturated heterocycles. The summed E-state index contributed by atoms with van der Waals surface area (Å²) in [7, 11) is 0. The minimum atomic E-state index is -1.72. The van der Waals surface area contributed by atoms with E-state index in [0.717, 1.165) is 5.01 Å². The predicted molar refractivity (Wildman–Crippen MR) is 157 cm³/mol. The van der Waals surface area contributed by atoms with Crippen molar-refractivity contribution in [3.05, 3.63) is 65.7 Å². The molecule has 230 valence electrons. The van der Waals surface area contributed by atoms with Crippen LogP contribution >= 0.6 is 0 Å². The number of hydrogen-bond acceptors (Lipinski definition) is 11. The Bertz CT molecular complexity index is 2190. The Hall–Kier alpha value is -5.03. The molecule has 8 rings (SSSR count). The summed E-state index contributed by atoms with van der Waals surface area (Å²) < 4.78 is 7.45. The first-order valence-corrected chi connectivity index (χ1v) is 14.1. The summed E-state index contributed by atoms with van der Waals surface area (Å²) in [4.78, 5) is 38.5. The van der Waals surface area contributed by atoms with Crippen LogP contribution in [0.15, 0.2) is 48.9 Å². The number of aromatic hydroxyl groups is 2. The molecule has 45 heavy (non-hydrogen) atoms. The molecule has 6 aromatic rings. The second-order valence-electron chi connectivity index (χ2n) is 11.2. The topological polar surface area (TPSA) is 229 Å². The minimum Gasteiger partial charge on any atom is -0.508 e. The highest BCUT2D eigenvalue weighted by Crippen LogP contribution is 2.47. The van der Waals surface area contributed by atoms with Crippen LogP contribution in [0, 0.1) is 0 Å². The highest BCUT2D eigenvalue weighted by Gasteiger charge is 2.47. The maximum atomic E-state index is 14.2. The van der Waals surface area contributed by atoms with Crippen molar-refractivity contribution in [2.75, 3.05) is 6.61 Å². The standard InChI is InChI=1S/C30H26N6O9/c37-9-18-25(40)26(41)27(42)30(45-18)35-17-6-13(39)2-4-15(17)20-22-21(28(43)36(29(22)44)33-8-11-7-31-10-32-11)19-14-3-1-12(38)5-16(14)34-23(19)24(20)35/h1-7,10,18,25-27,30,33-34,37-42H,8-9H2,(H,31,32). The van der Waals surface area contributed by atoms with Gasteiger partial charge < -0.3 is 49.9 Å². The Morgan fingerprint density at radius 1 is 0.911 bits per heavy atom. The number of H-pyrrole nitrogens is 2. The third kappa shape index (κ3) is 3.76. The fourth-order valence-corrected chi connectivity index (χ4v) is 6.66. The van der Waals surface area contributed by atoms with Crippen LogP contribution in [0.3, 0.4) is 0 Å². The third-order valence-electron chi connectivity index (χ3n) is 8.69. The summed E-state index contributed by atoms with van der Waals surface area (Å²) in [5, 5.41) is 65.7. The minimum absolute atomic E-state index is 0.0463. The van der Waals surface area contributed by atoms with E-state index in [2.05, 4.69) is 20.4 Å². The number of imide groups is 1. The normalized spacial score (nSPS) is 23.7. The molecule has 5 atom stereocenters. The van der Waals surface area contributed by atoms with Crippen LogP contribution < -0.4 is 5.43 Å². The Morgan fingerprint density at radius 2 is 1.62 bits per heavy atom. The molecule has 5 unspecified atom stereocenters. The molecule has 0 saturated carbocycles. The second kappa shape index (κ2) is 9.73. The molecule has 3 aromatic heterocycles. The van der Waals surface area contributed by atoms with Gasteiger partial charge in [0, 0.05) is 39.9 Å². The van der Waals surface area contributed by atoms with Gasteiger partial charge in [-0.15, -0.1) is 0 Å². The molecule has 9 N–H and O–H groups in total.